The first-order valence-corrected chi connectivity index (χ1v) is 8.90. The Bertz CT molecular complexity index is 1040. The van der Waals surface area contributed by atoms with Crippen LogP contribution in [-0.2, 0) is 5.75 Å². The molecule has 3 aromatic rings. The van der Waals surface area contributed by atoms with Crippen molar-refractivity contribution in [1.29, 1.82) is 0 Å². The number of nitrogens with zero attached hydrogens (tertiary/aromatic N) is 6. The minimum Gasteiger partial charge on any atom is -0.258 e. The summed E-state index contributed by atoms with van der Waals surface area (Å²) in [7, 11) is 0. The molecule has 27 heavy (non-hydrogen) atoms. The average molecular weight is 427 g/mol. The Kier molecular flexibility index (Phi) is 5.54. The lowest BCUT2D eigenvalue weighted by Gasteiger charge is -2.07. The van der Waals surface area contributed by atoms with Crippen LogP contribution in [0.1, 0.15) is 5.56 Å². The molecule has 0 aliphatic rings. The van der Waals surface area contributed by atoms with Crippen molar-refractivity contribution in [3.8, 4) is 5.69 Å². The highest BCUT2D eigenvalue weighted by Crippen LogP contribution is 2.33. The van der Waals surface area contributed by atoms with Crippen molar-refractivity contribution in [3.63, 3.8) is 0 Å². The Morgan fingerprint density at radius 3 is 2.59 bits per heavy atom. The normalized spacial score (nSPS) is 10.7. The molecule has 0 spiro atoms. The SMILES string of the molecule is O=[N+]([O-])c1ccc(CSc2nnnn2-c2cccc(Cl)c2Cl)c([N+](=O)[O-])c1. The molecular formula is C14H8Cl2N6O4S. The number of aromatic nitrogens is 4. The van der Waals surface area contributed by atoms with E-state index in [0.29, 0.717) is 21.4 Å². The lowest BCUT2D eigenvalue weighted by molar-refractivity contribution is -0.394. The van der Waals surface area contributed by atoms with Gasteiger partial charge in [-0.3, -0.25) is 20.2 Å². The Morgan fingerprint density at radius 2 is 1.89 bits per heavy atom. The van der Waals surface area contributed by atoms with E-state index in [4.69, 9.17) is 23.2 Å². The molecule has 3 rings (SSSR count). The van der Waals surface area contributed by atoms with E-state index in [1.807, 2.05) is 0 Å². The zero-order valence-corrected chi connectivity index (χ0v) is 15.5. The van der Waals surface area contributed by atoms with Crippen molar-refractivity contribution >= 4 is 46.3 Å². The molecule has 0 N–H and O–H groups in total. The minimum atomic E-state index is -0.689. The van der Waals surface area contributed by atoms with Crippen molar-refractivity contribution in [1.82, 2.24) is 20.2 Å². The summed E-state index contributed by atoms with van der Waals surface area (Å²) in [5.41, 5.74) is 0.0414. The highest BCUT2D eigenvalue weighted by Gasteiger charge is 2.21. The summed E-state index contributed by atoms with van der Waals surface area (Å²) < 4.78 is 1.36. The van der Waals surface area contributed by atoms with Gasteiger partial charge in [0.05, 0.1) is 31.6 Å². The average Bonchev–Trinajstić information content (AvgIpc) is 3.10. The third-order valence-corrected chi connectivity index (χ3v) is 5.21. The van der Waals surface area contributed by atoms with Crippen LogP contribution in [0.25, 0.3) is 5.69 Å². The highest BCUT2D eigenvalue weighted by atomic mass is 35.5. The number of hydrogen-bond donors (Lipinski definition) is 0. The van der Waals surface area contributed by atoms with Crippen LogP contribution in [0, 0.1) is 20.2 Å². The first-order valence-electron chi connectivity index (χ1n) is 7.15. The molecule has 0 atom stereocenters. The van der Waals surface area contributed by atoms with Crippen molar-refractivity contribution in [2.45, 2.75) is 10.9 Å². The summed E-state index contributed by atoms with van der Waals surface area (Å²) in [6, 6.07) is 8.44. The number of halogens is 2. The number of rotatable bonds is 6. The monoisotopic (exact) mass is 426 g/mol. The van der Waals surface area contributed by atoms with Crippen molar-refractivity contribution in [2.75, 3.05) is 0 Å². The van der Waals surface area contributed by atoms with E-state index in [2.05, 4.69) is 15.5 Å². The van der Waals surface area contributed by atoms with Crippen molar-refractivity contribution in [2.24, 2.45) is 0 Å². The van der Waals surface area contributed by atoms with Gasteiger partial charge in [0.1, 0.15) is 0 Å². The van der Waals surface area contributed by atoms with E-state index < -0.39 is 9.85 Å². The van der Waals surface area contributed by atoms with E-state index in [1.165, 1.54) is 16.8 Å². The maximum atomic E-state index is 11.2. The molecule has 0 amide bonds. The number of benzene rings is 2. The third kappa shape index (κ3) is 3.99. The van der Waals surface area contributed by atoms with Gasteiger partial charge in [-0.15, -0.1) is 5.10 Å². The van der Waals surface area contributed by atoms with Crippen LogP contribution in [0.3, 0.4) is 0 Å². The minimum absolute atomic E-state index is 0.118. The Balaban J connectivity index is 1.89. The van der Waals surface area contributed by atoms with E-state index >= 15 is 0 Å². The molecule has 0 fully saturated rings. The fourth-order valence-corrected chi connectivity index (χ4v) is 3.43. The van der Waals surface area contributed by atoms with Crippen LogP contribution in [0.2, 0.25) is 10.0 Å². The summed E-state index contributed by atoms with van der Waals surface area (Å²) in [5, 5.41) is 34.3. The van der Waals surface area contributed by atoms with Crippen LogP contribution in [0.15, 0.2) is 41.6 Å². The Morgan fingerprint density at radius 1 is 1.11 bits per heavy atom. The highest BCUT2D eigenvalue weighted by molar-refractivity contribution is 7.98. The van der Waals surface area contributed by atoms with Gasteiger partial charge < -0.3 is 0 Å². The van der Waals surface area contributed by atoms with Gasteiger partial charge in [0, 0.05) is 17.4 Å². The van der Waals surface area contributed by atoms with Crippen molar-refractivity contribution in [3.05, 3.63) is 72.2 Å². The summed E-state index contributed by atoms with van der Waals surface area (Å²) in [4.78, 5) is 20.7. The molecule has 2 aromatic carbocycles. The van der Waals surface area contributed by atoms with E-state index in [1.54, 1.807) is 18.2 Å². The van der Waals surface area contributed by atoms with Crippen molar-refractivity contribution < 1.29 is 9.85 Å². The fourth-order valence-electron chi connectivity index (χ4n) is 2.18. The largest absolute Gasteiger partial charge is 0.280 e. The third-order valence-electron chi connectivity index (χ3n) is 3.43. The van der Waals surface area contributed by atoms with Gasteiger partial charge >= 0.3 is 0 Å². The Hall–Kier alpha value is -2.76. The number of hydrogen-bond acceptors (Lipinski definition) is 8. The number of nitro benzene ring substituents is 2. The smallest absolute Gasteiger partial charge is 0.258 e. The zero-order valence-electron chi connectivity index (χ0n) is 13.2. The van der Waals surface area contributed by atoms with Gasteiger partial charge in [-0.25, -0.2) is 0 Å². The lowest BCUT2D eigenvalue weighted by Crippen LogP contribution is -2.01. The maximum Gasteiger partial charge on any atom is 0.280 e. The summed E-state index contributed by atoms with van der Waals surface area (Å²) in [6.45, 7) is 0. The molecule has 0 bridgehead atoms. The fraction of sp³-hybridized carbons (Fsp3) is 0.0714. The predicted octanol–water partition coefficient (Wildman–Crippen LogP) is 4.08. The molecular weight excluding hydrogens is 419 g/mol. The van der Waals surface area contributed by atoms with E-state index in [0.717, 1.165) is 17.8 Å². The Labute approximate surface area is 165 Å². The molecule has 13 heteroatoms. The molecule has 138 valence electrons. The summed E-state index contributed by atoms with van der Waals surface area (Å²) >= 11 is 13.3. The molecule has 0 unspecified atom stereocenters. The van der Waals surface area contributed by atoms with Gasteiger partial charge in [-0.05, 0) is 28.6 Å². The topological polar surface area (TPSA) is 130 Å². The van der Waals surface area contributed by atoms with E-state index in [9.17, 15) is 20.2 Å². The van der Waals surface area contributed by atoms with Crippen LogP contribution in [-0.4, -0.2) is 30.1 Å². The van der Waals surface area contributed by atoms with Gasteiger partial charge in [-0.1, -0.05) is 41.0 Å². The first kappa shape index (κ1) is 19.0. The lowest BCUT2D eigenvalue weighted by atomic mass is 10.2. The molecule has 0 saturated heterocycles. The van der Waals surface area contributed by atoms with Gasteiger partial charge in [0.15, 0.2) is 0 Å². The molecule has 1 aromatic heterocycles. The number of tetrazole rings is 1. The van der Waals surface area contributed by atoms with Crippen LogP contribution >= 0.6 is 35.0 Å². The quantitative estimate of drug-likeness (QED) is 0.327. The molecule has 0 aliphatic carbocycles. The second-order valence-electron chi connectivity index (χ2n) is 5.06. The summed E-state index contributed by atoms with van der Waals surface area (Å²) in [5.74, 6) is 0.118. The van der Waals surface area contributed by atoms with Crippen LogP contribution in [0.5, 0.6) is 0 Å². The molecule has 1 heterocycles. The second kappa shape index (κ2) is 7.86. The van der Waals surface area contributed by atoms with Gasteiger partial charge in [-0.2, -0.15) is 4.68 Å². The molecule has 0 radical (unpaired) electrons. The van der Waals surface area contributed by atoms with E-state index in [-0.39, 0.29) is 22.2 Å². The number of nitro groups is 2. The molecule has 0 aliphatic heterocycles. The van der Waals surface area contributed by atoms with Crippen LogP contribution < -0.4 is 0 Å². The standard InChI is InChI=1S/C14H8Cl2N6O4S/c15-10-2-1-3-11(13(10)16)20-14(17-18-19-20)27-7-8-4-5-9(21(23)24)6-12(8)22(25)26/h1-6H,7H2. The number of thioether (sulfide) groups is 1. The summed E-state index contributed by atoms with van der Waals surface area (Å²) in [6.07, 6.45) is 0. The number of non-ortho nitro benzene ring substituents is 1. The maximum absolute atomic E-state index is 11.2. The first-order chi connectivity index (χ1) is 12.9. The zero-order chi connectivity index (χ0) is 19.6. The molecule has 0 saturated carbocycles. The van der Waals surface area contributed by atoms with Crippen LogP contribution in [0.4, 0.5) is 11.4 Å². The van der Waals surface area contributed by atoms with Gasteiger partial charge in [0.2, 0.25) is 5.16 Å². The predicted molar refractivity (Wildman–Crippen MR) is 98.5 cm³/mol. The second-order valence-corrected chi connectivity index (χ2v) is 6.79. The van der Waals surface area contributed by atoms with Gasteiger partial charge in [0.25, 0.3) is 11.4 Å². The molecule has 10 nitrogen and oxygen atoms in total.